The van der Waals surface area contributed by atoms with E-state index in [4.69, 9.17) is 16.0 Å². The summed E-state index contributed by atoms with van der Waals surface area (Å²) in [7, 11) is -2.00. The van der Waals surface area contributed by atoms with Crippen molar-refractivity contribution < 1.29 is 12.8 Å². The van der Waals surface area contributed by atoms with Gasteiger partial charge in [0.05, 0.1) is 21.3 Å². The molecule has 8 heteroatoms. The van der Waals surface area contributed by atoms with Crippen molar-refractivity contribution in [2.45, 2.75) is 10.8 Å². The van der Waals surface area contributed by atoms with Gasteiger partial charge in [0, 0.05) is 19.2 Å². The van der Waals surface area contributed by atoms with Gasteiger partial charge in [-0.1, -0.05) is 11.6 Å². The fraction of sp³-hybridized carbons (Fsp3) is 0.200. The molecule has 0 amide bonds. The molecule has 0 radical (unpaired) electrons. The predicted molar refractivity (Wildman–Crippen MR) is 74.4 cm³/mol. The molecule has 2 heterocycles. The van der Waals surface area contributed by atoms with Crippen LogP contribution in [-0.2, 0) is 16.6 Å². The molecule has 0 aliphatic rings. The van der Waals surface area contributed by atoms with Crippen molar-refractivity contribution in [3.8, 4) is 0 Å². The van der Waals surface area contributed by atoms with Crippen LogP contribution < -0.4 is 0 Å². The SMILES string of the molecule is CN(Cc1ccoc1)S(=O)(=O)c1cc(Cl)c(Br)s1. The molecule has 0 bridgehead atoms. The third kappa shape index (κ3) is 2.80. The van der Waals surface area contributed by atoms with Gasteiger partial charge in [0.2, 0.25) is 0 Å². The molecule has 0 saturated carbocycles. The van der Waals surface area contributed by atoms with Crippen LogP contribution in [0.4, 0.5) is 0 Å². The van der Waals surface area contributed by atoms with E-state index in [2.05, 4.69) is 15.9 Å². The summed E-state index contributed by atoms with van der Waals surface area (Å²) in [4.78, 5) is 0. The van der Waals surface area contributed by atoms with E-state index in [1.165, 1.54) is 29.9 Å². The highest BCUT2D eigenvalue weighted by Gasteiger charge is 2.24. The van der Waals surface area contributed by atoms with Crippen molar-refractivity contribution in [1.29, 1.82) is 0 Å². The van der Waals surface area contributed by atoms with Gasteiger partial charge in [-0.3, -0.25) is 0 Å². The lowest BCUT2D eigenvalue weighted by atomic mass is 10.3. The number of halogens is 2. The zero-order chi connectivity index (χ0) is 13.3. The van der Waals surface area contributed by atoms with Crippen molar-refractivity contribution in [1.82, 2.24) is 4.31 Å². The van der Waals surface area contributed by atoms with Crippen LogP contribution >= 0.6 is 38.9 Å². The maximum absolute atomic E-state index is 12.3. The molecule has 18 heavy (non-hydrogen) atoms. The summed E-state index contributed by atoms with van der Waals surface area (Å²) < 4.78 is 31.5. The van der Waals surface area contributed by atoms with Crippen LogP contribution in [0.3, 0.4) is 0 Å². The third-order valence-corrected chi connectivity index (χ3v) is 7.00. The lowest BCUT2D eigenvalue weighted by molar-refractivity contribution is 0.465. The van der Waals surface area contributed by atoms with Crippen molar-refractivity contribution in [2.75, 3.05) is 7.05 Å². The summed E-state index contributed by atoms with van der Waals surface area (Å²) in [5.41, 5.74) is 0.794. The first-order chi connectivity index (χ1) is 8.41. The maximum Gasteiger partial charge on any atom is 0.252 e. The Morgan fingerprint density at radius 2 is 2.28 bits per heavy atom. The van der Waals surface area contributed by atoms with Crippen LogP contribution in [0.2, 0.25) is 5.02 Å². The smallest absolute Gasteiger partial charge is 0.252 e. The van der Waals surface area contributed by atoms with Crippen molar-refractivity contribution in [3.05, 3.63) is 39.0 Å². The second kappa shape index (κ2) is 5.34. The molecule has 4 nitrogen and oxygen atoms in total. The minimum Gasteiger partial charge on any atom is -0.472 e. The number of hydrogen-bond donors (Lipinski definition) is 0. The highest BCUT2D eigenvalue weighted by atomic mass is 79.9. The highest BCUT2D eigenvalue weighted by Crippen LogP contribution is 2.35. The number of nitrogens with zero attached hydrogens (tertiary/aromatic N) is 1. The Labute approximate surface area is 122 Å². The van der Waals surface area contributed by atoms with Gasteiger partial charge in [0.25, 0.3) is 10.0 Å². The fourth-order valence-electron chi connectivity index (χ4n) is 1.33. The Hall–Kier alpha value is -0.340. The van der Waals surface area contributed by atoms with Crippen LogP contribution in [0.5, 0.6) is 0 Å². The summed E-state index contributed by atoms with van der Waals surface area (Å²) in [6, 6.07) is 3.17. The maximum atomic E-state index is 12.3. The van der Waals surface area contributed by atoms with Gasteiger partial charge in [-0.2, -0.15) is 4.31 Å². The molecular formula is C10H9BrClNO3S2. The van der Waals surface area contributed by atoms with E-state index in [-0.39, 0.29) is 10.8 Å². The number of rotatable bonds is 4. The molecule has 0 unspecified atom stereocenters. The zero-order valence-electron chi connectivity index (χ0n) is 9.26. The Morgan fingerprint density at radius 1 is 1.56 bits per heavy atom. The van der Waals surface area contributed by atoms with Gasteiger partial charge in [0.1, 0.15) is 4.21 Å². The summed E-state index contributed by atoms with van der Waals surface area (Å²) >= 11 is 10.1. The van der Waals surface area contributed by atoms with E-state index in [1.54, 1.807) is 6.07 Å². The summed E-state index contributed by atoms with van der Waals surface area (Å²) in [6.07, 6.45) is 3.03. The molecule has 0 fully saturated rings. The lowest BCUT2D eigenvalue weighted by Gasteiger charge is -2.14. The molecule has 2 aromatic rings. The number of hydrogen-bond acceptors (Lipinski definition) is 4. The topological polar surface area (TPSA) is 50.5 Å². The van der Waals surface area contributed by atoms with Gasteiger partial charge in [0.15, 0.2) is 0 Å². The molecule has 98 valence electrons. The Kier molecular flexibility index (Phi) is 4.18. The summed E-state index contributed by atoms with van der Waals surface area (Å²) in [5, 5.41) is 0.398. The Bertz CT molecular complexity index is 617. The van der Waals surface area contributed by atoms with Crippen molar-refractivity contribution >= 4 is 48.9 Å². The Morgan fingerprint density at radius 3 is 2.78 bits per heavy atom. The van der Waals surface area contributed by atoms with Gasteiger partial charge < -0.3 is 4.42 Å². The van der Waals surface area contributed by atoms with Crippen molar-refractivity contribution in [2.24, 2.45) is 0 Å². The van der Waals surface area contributed by atoms with Crippen LogP contribution in [0, 0.1) is 0 Å². The monoisotopic (exact) mass is 369 g/mol. The number of sulfonamides is 1. The molecule has 0 spiro atoms. The largest absolute Gasteiger partial charge is 0.472 e. The van der Waals surface area contributed by atoms with Crippen LogP contribution in [0.25, 0.3) is 0 Å². The van der Waals surface area contributed by atoms with Gasteiger partial charge in [-0.25, -0.2) is 8.42 Å². The number of thiophene rings is 1. The normalized spacial score (nSPS) is 12.2. The van der Waals surface area contributed by atoms with E-state index >= 15 is 0 Å². The average Bonchev–Trinajstić information content (AvgIpc) is 2.90. The van der Waals surface area contributed by atoms with Gasteiger partial charge in [-0.05, 0) is 28.1 Å². The second-order valence-electron chi connectivity index (χ2n) is 3.58. The molecule has 0 saturated heterocycles. The standard InChI is InChI=1S/C10H9BrClNO3S2/c1-13(5-7-2-3-16-6-7)18(14,15)9-4-8(12)10(11)17-9/h2-4,6H,5H2,1H3. The average molecular weight is 371 g/mol. The lowest BCUT2D eigenvalue weighted by Crippen LogP contribution is -2.25. The summed E-state index contributed by atoms with van der Waals surface area (Å²) in [5.74, 6) is 0. The van der Waals surface area contributed by atoms with Crippen LogP contribution in [-0.4, -0.2) is 19.8 Å². The van der Waals surface area contributed by atoms with Crippen molar-refractivity contribution in [3.63, 3.8) is 0 Å². The number of furan rings is 1. The highest BCUT2D eigenvalue weighted by molar-refractivity contribution is 9.11. The predicted octanol–water partition coefficient (Wildman–Crippen LogP) is 3.58. The third-order valence-electron chi connectivity index (χ3n) is 2.27. The quantitative estimate of drug-likeness (QED) is 0.826. The first-order valence-electron chi connectivity index (χ1n) is 4.83. The molecule has 0 N–H and O–H groups in total. The first kappa shape index (κ1) is 14.1. The molecular weight excluding hydrogens is 362 g/mol. The molecule has 0 aliphatic heterocycles. The molecule has 2 aromatic heterocycles. The molecule has 0 aliphatic carbocycles. The van der Waals surface area contributed by atoms with E-state index in [9.17, 15) is 8.42 Å². The molecule has 0 aromatic carbocycles. The van der Waals surface area contributed by atoms with Crippen LogP contribution in [0.15, 0.2) is 37.1 Å². The minimum absolute atomic E-state index is 0.213. The van der Waals surface area contributed by atoms with Gasteiger partial charge >= 0.3 is 0 Å². The van der Waals surface area contributed by atoms with Gasteiger partial charge in [-0.15, -0.1) is 11.3 Å². The van der Waals surface area contributed by atoms with E-state index in [0.29, 0.717) is 8.81 Å². The summed E-state index contributed by atoms with van der Waals surface area (Å²) in [6.45, 7) is 0.256. The van der Waals surface area contributed by atoms with Crippen LogP contribution in [0.1, 0.15) is 5.56 Å². The minimum atomic E-state index is -3.52. The molecule has 2 rings (SSSR count). The van der Waals surface area contributed by atoms with E-state index < -0.39 is 10.0 Å². The fourth-order valence-corrected chi connectivity index (χ4v) is 5.10. The Balaban J connectivity index is 2.25. The second-order valence-corrected chi connectivity index (χ2v) is 8.63. The first-order valence-corrected chi connectivity index (χ1v) is 8.26. The zero-order valence-corrected chi connectivity index (χ0v) is 13.2. The van der Waals surface area contributed by atoms with E-state index in [1.807, 2.05) is 0 Å². The molecule has 0 atom stereocenters. The van der Waals surface area contributed by atoms with E-state index in [0.717, 1.165) is 16.9 Å².